The van der Waals surface area contributed by atoms with Crippen molar-refractivity contribution in [2.45, 2.75) is 19.8 Å². The van der Waals surface area contributed by atoms with E-state index in [9.17, 15) is 4.79 Å². The Kier molecular flexibility index (Phi) is 5.20. The minimum absolute atomic E-state index is 0.463. The second kappa shape index (κ2) is 6.68. The zero-order chi connectivity index (χ0) is 12.7. The Morgan fingerprint density at radius 2 is 1.94 bits per heavy atom. The molecule has 1 aromatic carbocycles. The zero-order valence-electron chi connectivity index (χ0n) is 10.5. The molecule has 0 saturated carbocycles. The van der Waals surface area contributed by atoms with Gasteiger partial charge in [0.1, 0.15) is 0 Å². The van der Waals surface area contributed by atoms with Gasteiger partial charge in [-0.3, -0.25) is 4.84 Å². The van der Waals surface area contributed by atoms with E-state index in [-0.39, 0.29) is 0 Å². The highest BCUT2D eigenvalue weighted by molar-refractivity contribution is 6.00. The van der Waals surface area contributed by atoms with E-state index in [4.69, 9.17) is 4.84 Å². The van der Waals surface area contributed by atoms with Crippen LogP contribution in [-0.4, -0.2) is 30.8 Å². The zero-order valence-corrected chi connectivity index (χ0v) is 10.5. The molecule has 0 N–H and O–H groups in total. The molecule has 0 radical (unpaired) electrons. The number of hydrogen-bond acceptors (Lipinski definition) is 3. The smallest absolute Gasteiger partial charge is 0.312 e. The molecule has 0 aliphatic rings. The monoisotopic (exact) mass is 234 g/mol. The SMILES string of the molecule is CCC/C(=N/OC(=O)N(C)C)c1ccccc1. The Morgan fingerprint density at radius 3 is 2.47 bits per heavy atom. The molecule has 0 saturated heterocycles. The molecular formula is C13H18N2O2. The Labute approximate surface area is 102 Å². The maximum absolute atomic E-state index is 11.3. The van der Waals surface area contributed by atoms with Crippen molar-refractivity contribution in [2.75, 3.05) is 14.1 Å². The van der Waals surface area contributed by atoms with Crippen LogP contribution < -0.4 is 0 Å². The van der Waals surface area contributed by atoms with Crippen LogP contribution in [0, 0.1) is 0 Å². The van der Waals surface area contributed by atoms with Crippen LogP contribution in [-0.2, 0) is 4.84 Å². The van der Waals surface area contributed by atoms with Gasteiger partial charge in [0, 0.05) is 14.1 Å². The fraction of sp³-hybridized carbons (Fsp3) is 0.385. The topological polar surface area (TPSA) is 41.9 Å². The number of oxime groups is 1. The molecule has 1 rings (SSSR count). The number of hydrogen-bond donors (Lipinski definition) is 0. The van der Waals surface area contributed by atoms with Crippen LogP contribution >= 0.6 is 0 Å². The first kappa shape index (κ1) is 13.2. The molecule has 0 unspecified atom stereocenters. The molecule has 0 aromatic heterocycles. The summed E-state index contributed by atoms with van der Waals surface area (Å²) in [6, 6.07) is 9.73. The van der Waals surface area contributed by atoms with Crippen molar-refractivity contribution < 1.29 is 9.63 Å². The average Bonchev–Trinajstić information content (AvgIpc) is 2.35. The summed E-state index contributed by atoms with van der Waals surface area (Å²) in [6.07, 6.45) is 1.27. The van der Waals surface area contributed by atoms with E-state index >= 15 is 0 Å². The first-order valence-corrected chi connectivity index (χ1v) is 5.65. The molecule has 0 atom stereocenters. The van der Waals surface area contributed by atoms with Crippen LogP contribution in [0.3, 0.4) is 0 Å². The number of carbonyl (C=O) groups is 1. The maximum atomic E-state index is 11.3. The van der Waals surface area contributed by atoms with E-state index < -0.39 is 6.09 Å². The highest BCUT2D eigenvalue weighted by Gasteiger charge is 2.07. The van der Waals surface area contributed by atoms with Crippen LogP contribution in [0.5, 0.6) is 0 Å². The van der Waals surface area contributed by atoms with Crippen LogP contribution in [0.4, 0.5) is 4.79 Å². The number of rotatable bonds is 4. The summed E-state index contributed by atoms with van der Waals surface area (Å²) >= 11 is 0. The van der Waals surface area contributed by atoms with Crippen LogP contribution in [0.2, 0.25) is 0 Å². The van der Waals surface area contributed by atoms with Crippen molar-refractivity contribution in [1.82, 2.24) is 4.90 Å². The predicted molar refractivity (Wildman–Crippen MR) is 68.1 cm³/mol. The summed E-state index contributed by atoms with van der Waals surface area (Å²) in [6.45, 7) is 2.06. The van der Waals surface area contributed by atoms with Crippen LogP contribution in [0.15, 0.2) is 35.5 Å². The van der Waals surface area contributed by atoms with Crippen molar-refractivity contribution in [3.8, 4) is 0 Å². The summed E-state index contributed by atoms with van der Waals surface area (Å²) in [5, 5.41) is 3.93. The largest absolute Gasteiger partial charge is 0.435 e. The molecule has 17 heavy (non-hydrogen) atoms. The Balaban J connectivity index is 2.79. The summed E-state index contributed by atoms with van der Waals surface area (Å²) in [4.78, 5) is 17.5. The first-order valence-electron chi connectivity index (χ1n) is 5.65. The van der Waals surface area contributed by atoms with Gasteiger partial charge in [-0.1, -0.05) is 48.8 Å². The van der Waals surface area contributed by atoms with Gasteiger partial charge in [0.15, 0.2) is 0 Å². The lowest BCUT2D eigenvalue weighted by atomic mass is 10.1. The second-order valence-electron chi connectivity index (χ2n) is 3.91. The number of nitrogens with zero attached hydrogens (tertiary/aromatic N) is 2. The minimum atomic E-state index is -0.463. The Hall–Kier alpha value is -1.84. The fourth-order valence-electron chi connectivity index (χ4n) is 1.29. The lowest BCUT2D eigenvalue weighted by molar-refractivity contribution is 0.122. The standard InChI is InChI=1S/C13H18N2O2/c1-4-8-12(11-9-6-5-7-10-11)14-17-13(16)15(2)3/h5-7,9-10H,4,8H2,1-3H3/b14-12-. The normalized spacial score (nSPS) is 11.1. The maximum Gasteiger partial charge on any atom is 0.435 e. The van der Waals surface area contributed by atoms with Gasteiger partial charge in [-0.25, -0.2) is 4.79 Å². The van der Waals surface area contributed by atoms with Gasteiger partial charge in [-0.05, 0) is 12.0 Å². The minimum Gasteiger partial charge on any atom is -0.312 e. The molecule has 0 bridgehead atoms. The van der Waals surface area contributed by atoms with Crippen molar-refractivity contribution in [3.05, 3.63) is 35.9 Å². The lowest BCUT2D eigenvalue weighted by Gasteiger charge is -2.08. The first-order chi connectivity index (χ1) is 8.15. The number of benzene rings is 1. The van der Waals surface area contributed by atoms with E-state index in [1.165, 1.54) is 4.90 Å². The highest BCUT2D eigenvalue weighted by Crippen LogP contribution is 2.07. The average molecular weight is 234 g/mol. The Morgan fingerprint density at radius 1 is 1.29 bits per heavy atom. The van der Waals surface area contributed by atoms with Crippen LogP contribution in [0.1, 0.15) is 25.3 Å². The molecule has 0 aliphatic carbocycles. The van der Waals surface area contributed by atoms with E-state index in [0.717, 1.165) is 24.1 Å². The summed E-state index contributed by atoms with van der Waals surface area (Å²) in [5.74, 6) is 0. The molecule has 1 aromatic rings. The second-order valence-corrected chi connectivity index (χ2v) is 3.91. The molecule has 1 amide bonds. The third kappa shape index (κ3) is 4.26. The molecule has 4 heteroatoms. The van der Waals surface area contributed by atoms with Gasteiger partial charge < -0.3 is 4.90 Å². The molecule has 0 aliphatic heterocycles. The van der Waals surface area contributed by atoms with Crippen molar-refractivity contribution in [3.63, 3.8) is 0 Å². The third-order valence-corrected chi connectivity index (χ3v) is 2.19. The predicted octanol–water partition coefficient (Wildman–Crippen LogP) is 2.89. The van der Waals surface area contributed by atoms with Gasteiger partial charge in [-0.15, -0.1) is 0 Å². The van der Waals surface area contributed by atoms with Gasteiger partial charge in [0.25, 0.3) is 0 Å². The van der Waals surface area contributed by atoms with Gasteiger partial charge >= 0.3 is 6.09 Å². The third-order valence-electron chi connectivity index (χ3n) is 2.19. The number of carbonyl (C=O) groups excluding carboxylic acids is 1. The number of amides is 1. The molecule has 92 valence electrons. The highest BCUT2D eigenvalue weighted by atomic mass is 16.7. The summed E-state index contributed by atoms with van der Waals surface area (Å²) < 4.78 is 0. The van der Waals surface area contributed by atoms with Gasteiger partial charge in [0.2, 0.25) is 0 Å². The lowest BCUT2D eigenvalue weighted by Crippen LogP contribution is -2.21. The van der Waals surface area contributed by atoms with E-state index in [1.807, 2.05) is 30.3 Å². The summed E-state index contributed by atoms with van der Waals surface area (Å²) in [7, 11) is 3.25. The summed E-state index contributed by atoms with van der Waals surface area (Å²) in [5.41, 5.74) is 1.78. The van der Waals surface area contributed by atoms with Crippen molar-refractivity contribution >= 4 is 11.8 Å². The van der Waals surface area contributed by atoms with Crippen molar-refractivity contribution in [2.24, 2.45) is 5.16 Å². The van der Waals surface area contributed by atoms with Crippen LogP contribution in [0.25, 0.3) is 0 Å². The van der Waals surface area contributed by atoms with Gasteiger partial charge in [0.05, 0.1) is 5.71 Å². The quantitative estimate of drug-likeness (QED) is 0.456. The molecule has 4 nitrogen and oxygen atoms in total. The Bertz CT molecular complexity index is 386. The molecule has 0 spiro atoms. The van der Waals surface area contributed by atoms with Crippen molar-refractivity contribution in [1.29, 1.82) is 0 Å². The van der Waals surface area contributed by atoms with E-state index in [0.29, 0.717) is 0 Å². The molecule has 0 heterocycles. The fourth-order valence-corrected chi connectivity index (χ4v) is 1.29. The van der Waals surface area contributed by atoms with E-state index in [1.54, 1.807) is 14.1 Å². The van der Waals surface area contributed by atoms with Gasteiger partial charge in [-0.2, -0.15) is 0 Å². The van der Waals surface area contributed by atoms with E-state index in [2.05, 4.69) is 12.1 Å². The molecule has 0 fully saturated rings. The molecular weight excluding hydrogens is 216 g/mol.